The Morgan fingerprint density at radius 1 is 1.29 bits per heavy atom. The van der Waals surface area contributed by atoms with Gasteiger partial charge in [0.2, 0.25) is 5.91 Å². The van der Waals surface area contributed by atoms with Gasteiger partial charge in [-0.05, 0) is 12.8 Å². The lowest BCUT2D eigenvalue weighted by Crippen LogP contribution is -2.28. The fraction of sp³-hybridized carbons (Fsp3) is 0.923. The van der Waals surface area contributed by atoms with Gasteiger partial charge in [-0.25, -0.2) is 0 Å². The summed E-state index contributed by atoms with van der Waals surface area (Å²) in [5.74, 6) is 0.0890. The van der Waals surface area contributed by atoms with Gasteiger partial charge in [0.05, 0.1) is 12.7 Å². The molecule has 0 heterocycles. The Hall–Kier alpha value is -0.610. The molecule has 0 aliphatic rings. The van der Waals surface area contributed by atoms with Gasteiger partial charge in [-0.2, -0.15) is 0 Å². The minimum absolute atomic E-state index is 0.0890. The average Bonchev–Trinajstić information content (AvgIpc) is 2.29. The molecule has 0 aliphatic carbocycles. The van der Waals surface area contributed by atoms with E-state index in [0.29, 0.717) is 26.0 Å². The second kappa shape index (κ2) is 11.9. The lowest BCUT2D eigenvalue weighted by molar-refractivity contribution is -0.121. The van der Waals surface area contributed by atoms with Crippen molar-refractivity contribution in [3.63, 3.8) is 0 Å². The number of methoxy groups -OCH3 is 1. The number of carbonyl (C=O) groups is 1. The lowest BCUT2D eigenvalue weighted by Gasteiger charge is -2.10. The highest BCUT2D eigenvalue weighted by Crippen LogP contribution is 2.04. The van der Waals surface area contributed by atoms with Gasteiger partial charge in [-0.3, -0.25) is 4.79 Å². The SMILES string of the molecule is CCCCCCCC(=O)NCCC(O)COC. The third-order valence-corrected chi connectivity index (χ3v) is 2.67. The zero-order valence-electron chi connectivity index (χ0n) is 11.2. The number of unbranched alkanes of at least 4 members (excludes halogenated alkanes) is 4. The molecule has 0 radical (unpaired) electrons. The summed E-state index contributed by atoms with van der Waals surface area (Å²) in [7, 11) is 1.55. The molecule has 0 aromatic carbocycles. The van der Waals surface area contributed by atoms with Gasteiger partial charge in [0.25, 0.3) is 0 Å². The molecular formula is C13H27NO3. The van der Waals surface area contributed by atoms with E-state index in [2.05, 4.69) is 12.2 Å². The molecule has 0 aliphatic heterocycles. The Morgan fingerprint density at radius 2 is 2.00 bits per heavy atom. The van der Waals surface area contributed by atoms with Crippen LogP contribution >= 0.6 is 0 Å². The summed E-state index contributed by atoms with van der Waals surface area (Å²) in [5.41, 5.74) is 0. The Kier molecular flexibility index (Phi) is 11.4. The van der Waals surface area contributed by atoms with E-state index < -0.39 is 6.10 Å². The molecule has 0 spiro atoms. The molecule has 0 fully saturated rings. The van der Waals surface area contributed by atoms with Crippen molar-refractivity contribution in [2.75, 3.05) is 20.3 Å². The Labute approximate surface area is 105 Å². The van der Waals surface area contributed by atoms with Crippen LogP contribution < -0.4 is 5.32 Å². The molecule has 4 heteroatoms. The van der Waals surface area contributed by atoms with Gasteiger partial charge in [0.15, 0.2) is 0 Å². The van der Waals surface area contributed by atoms with E-state index in [9.17, 15) is 9.90 Å². The number of aliphatic hydroxyl groups is 1. The molecule has 102 valence electrons. The number of amides is 1. The van der Waals surface area contributed by atoms with Crippen LogP contribution in [0.5, 0.6) is 0 Å². The van der Waals surface area contributed by atoms with Gasteiger partial charge in [0, 0.05) is 20.1 Å². The van der Waals surface area contributed by atoms with Crippen molar-refractivity contribution in [3.8, 4) is 0 Å². The standard InChI is InChI=1S/C13H27NO3/c1-3-4-5-6-7-8-13(16)14-10-9-12(15)11-17-2/h12,15H,3-11H2,1-2H3,(H,14,16). The summed E-state index contributed by atoms with van der Waals surface area (Å²) >= 11 is 0. The van der Waals surface area contributed by atoms with Gasteiger partial charge in [-0.15, -0.1) is 0 Å². The van der Waals surface area contributed by atoms with Crippen LogP contribution in [-0.2, 0) is 9.53 Å². The Balaban J connectivity index is 3.28. The highest BCUT2D eigenvalue weighted by molar-refractivity contribution is 5.75. The van der Waals surface area contributed by atoms with Crippen LogP contribution in [0.1, 0.15) is 51.9 Å². The van der Waals surface area contributed by atoms with Crippen molar-refractivity contribution in [2.45, 2.75) is 58.0 Å². The summed E-state index contributed by atoms with van der Waals surface area (Å²) in [6.45, 7) is 3.03. The second-order valence-corrected chi connectivity index (χ2v) is 4.41. The van der Waals surface area contributed by atoms with E-state index in [4.69, 9.17) is 4.74 Å². The number of aliphatic hydroxyl groups excluding tert-OH is 1. The summed E-state index contributed by atoms with van der Waals surface area (Å²) in [5, 5.41) is 12.2. The molecule has 1 unspecified atom stereocenters. The first-order chi connectivity index (χ1) is 8.20. The average molecular weight is 245 g/mol. The van der Waals surface area contributed by atoms with Gasteiger partial charge in [0.1, 0.15) is 0 Å². The summed E-state index contributed by atoms with van der Waals surface area (Å²) in [4.78, 5) is 11.4. The molecule has 0 saturated heterocycles. The quantitative estimate of drug-likeness (QED) is 0.546. The van der Waals surface area contributed by atoms with Gasteiger partial charge < -0.3 is 15.2 Å². The van der Waals surface area contributed by atoms with E-state index in [1.54, 1.807) is 7.11 Å². The number of hydrogen-bond acceptors (Lipinski definition) is 3. The maximum absolute atomic E-state index is 11.4. The number of nitrogens with one attached hydrogen (secondary N) is 1. The Morgan fingerprint density at radius 3 is 2.65 bits per heavy atom. The van der Waals surface area contributed by atoms with Gasteiger partial charge in [-0.1, -0.05) is 32.6 Å². The molecule has 0 bridgehead atoms. The smallest absolute Gasteiger partial charge is 0.219 e. The number of carbonyl (C=O) groups excluding carboxylic acids is 1. The second-order valence-electron chi connectivity index (χ2n) is 4.41. The van der Waals surface area contributed by atoms with Crippen molar-refractivity contribution in [3.05, 3.63) is 0 Å². The van der Waals surface area contributed by atoms with E-state index in [0.717, 1.165) is 12.8 Å². The molecule has 4 nitrogen and oxygen atoms in total. The third-order valence-electron chi connectivity index (χ3n) is 2.67. The van der Waals surface area contributed by atoms with E-state index >= 15 is 0 Å². The lowest BCUT2D eigenvalue weighted by atomic mass is 10.1. The molecule has 0 rings (SSSR count). The molecule has 0 aromatic heterocycles. The molecule has 2 N–H and O–H groups in total. The summed E-state index contributed by atoms with van der Waals surface area (Å²) in [6, 6.07) is 0. The normalized spacial score (nSPS) is 12.4. The first kappa shape index (κ1) is 16.4. The number of hydrogen-bond donors (Lipinski definition) is 2. The monoisotopic (exact) mass is 245 g/mol. The molecular weight excluding hydrogens is 218 g/mol. The molecule has 0 aromatic rings. The van der Waals surface area contributed by atoms with E-state index in [1.807, 2.05) is 0 Å². The van der Waals surface area contributed by atoms with Crippen molar-refractivity contribution in [2.24, 2.45) is 0 Å². The van der Waals surface area contributed by atoms with Crippen LogP contribution in [0, 0.1) is 0 Å². The van der Waals surface area contributed by atoms with Crippen molar-refractivity contribution in [1.82, 2.24) is 5.32 Å². The van der Waals surface area contributed by atoms with Crippen LogP contribution in [0.2, 0.25) is 0 Å². The van der Waals surface area contributed by atoms with Crippen LogP contribution in [-0.4, -0.2) is 37.4 Å². The Bertz CT molecular complexity index is 186. The molecule has 0 saturated carbocycles. The minimum Gasteiger partial charge on any atom is -0.391 e. The fourth-order valence-electron chi connectivity index (χ4n) is 1.63. The molecule has 17 heavy (non-hydrogen) atoms. The zero-order chi connectivity index (χ0) is 12.9. The first-order valence-corrected chi connectivity index (χ1v) is 6.64. The van der Waals surface area contributed by atoms with Crippen LogP contribution in [0.15, 0.2) is 0 Å². The van der Waals surface area contributed by atoms with Crippen LogP contribution in [0.4, 0.5) is 0 Å². The minimum atomic E-state index is -0.482. The zero-order valence-corrected chi connectivity index (χ0v) is 11.2. The fourth-order valence-corrected chi connectivity index (χ4v) is 1.63. The first-order valence-electron chi connectivity index (χ1n) is 6.64. The summed E-state index contributed by atoms with van der Waals surface area (Å²) in [6.07, 6.45) is 6.47. The van der Waals surface area contributed by atoms with Gasteiger partial charge >= 0.3 is 0 Å². The highest BCUT2D eigenvalue weighted by atomic mass is 16.5. The van der Waals surface area contributed by atoms with Crippen LogP contribution in [0.3, 0.4) is 0 Å². The van der Waals surface area contributed by atoms with Crippen LogP contribution in [0.25, 0.3) is 0 Å². The highest BCUT2D eigenvalue weighted by Gasteiger charge is 2.04. The maximum atomic E-state index is 11.4. The predicted octanol–water partition coefficient (Wildman–Crippen LogP) is 1.86. The predicted molar refractivity (Wildman–Crippen MR) is 68.9 cm³/mol. The third kappa shape index (κ3) is 11.6. The van der Waals surface area contributed by atoms with E-state index in [1.165, 1.54) is 19.3 Å². The topological polar surface area (TPSA) is 58.6 Å². The largest absolute Gasteiger partial charge is 0.391 e. The summed E-state index contributed by atoms with van der Waals surface area (Å²) < 4.78 is 4.80. The van der Waals surface area contributed by atoms with Crippen molar-refractivity contribution in [1.29, 1.82) is 0 Å². The van der Waals surface area contributed by atoms with E-state index in [-0.39, 0.29) is 5.91 Å². The van der Waals surface area contributed by atoms with Crippen molar-refractivity contribution < 1.29 is 14.6 Å². The number of rotatable bonds is 11. The molecule has 1 amide bonds. The maximum Gasteiger partial charge on any atom is 0.219 e. The van der Waals surface area contributed by atoms with Crippen molar-refractivity contribution >= 4 is 5.91 Å². The molecule has 1 atom stereocenters. The number of ether oxygens (including phenoxy) is 1.